The zero-order valence-corrected chi connectivity index (χ0v) is 18.7. The second kappa shape index (κ2) is 10.7. The summed E-state index contributed by atoms with van der Waals surface area (Å²) in [5.41, 5.74) is 1.21. The lowest BCUT2D eigenvalue weighted by Gasteiger charge is -2.18. The van der Waals surface area contributed by atoms with Gasteiger partial charge in [-0.25, -0.2) is 0 Å². The SMILES string of the molecule is CCCCOc1ccccc1C(=O)NC(=S)Nc1cccc(NC(=O)C(C)(C)C)c1. The van der Waals surface area contributed by atoms with E-state index in [9.17, 15) is 9.59 Å². The number of anilines is 2. The zero-order chi connectivity index (χ0) is 22.1. The third kappa shape index (κ3) is 7.15. The van der Waals surface area contributed by atoms with Gasteiger partial charge in [-0.1, -0.05) is 52.3 Å². The van der Waals surface area contributed by atoms with Gasteiger partial charge in [-0.15, -0.1) is 0 Å². The molecule has 0 spiro atoms. The molecule has 0 radical (unpaired) electrons. The molecule has 0 fully saturated rings. The molecule has 160 valence electrons. The molecule has 6 nitrogen and oxygen atoms in total. The van der Waals surface area contributed by atoms with Crippen molar-refractivity contribution < 1.29 is 14.3 Å². The molecule has 7 heteroatoms. The fourth-order valence-electron chi connectivity index (χ4n) is 2.43. The Kier molecular flexibility index (Phi) is 8.35. The van der Waals surface area contributed by atoms with E-state index >= 15 is 0 Å². The van der Waals surface area contributed by atoms with Crippen molar-refractivity contribution in [2.75, 3.05) is 17.2 Å². The molecule has 0 saturated carbocycles. The molecular formula is C23H29N3O3S. The Hall–Kier alpha value is -2.93. The lowest BCUT2D eigenvalue weighted by atomic mass is 9.95. The molecule has 0 aliphatic rings. The van der Waals surface area contributed by atoms with E-state index in [1.54, 1.807) is 42.5 Å². The molecule has 0 saturated heterocycles. The predicted molar refractivity (Wildman–Crippen MR) is 125 cm³/mol. The first-order valence-electron chi connectivity index (χ1n) is 9.96. The molecule has 2 amide bonds. The Morgan fingerprint density at radius 1 is 1.00 bits per heavy atom. The smallest absolute Gasteiger partial charge is 0.261 e. The van der Waals surface area contributed by atoms with E-state index in [0.29, 0.717) is 29.3 Å². The fourth-order valence-corrected chi connectivity index (χ4v) is 2.64. The van der Waals surface area contributed by atoms with Gasteiger partial charge >= 0.3 is 0 Å². The molecule has 0 aromatic heterocycles. The first-order chi connectivity index (χ1) is 14.2. The number of hydrogen-bond acceptors (Lipinski definition) is 4. The monoisotopic (exact) mass is 427 g/mol. The predicted octanol–water partition coefficient (Wildman–Crippen LogP) is 4.98. The summed E-state index contributed by atoms with van der Waals surface area (Å²) in [7, 11) is 0. The minimum absolute atomic E-state index is 0.0878. The minimum atomic E-state index is -0.501. The van der Waals surface area contributed by atoms with Gasteiger partial charge in [-0.2, -0.15) is 0 Å². The van der Waals surface area contributed by atoms with Crippen LogP contribution in [0.5, 0.6) is 5.75 Å². The molecule has 0 aliphatic heterocycles. The Balaban J connectivity index is 2.00. The maximum Gasteiger partial charge on any atom is 0.261 e. The van der Waals surface area contributed by atoms with Gasteiger partial charge in [0.1, 0.15) is 5.75 Å². The van der Waals surface area contributed by atoms with Crippen LogP contribution in [0.4, 0.5) is 11.4 Å². The van der Waals surface area contributed by atoms with Gasteiger partial charge in [-0.3, -0.25) is 14.9 Å². The molecule has 30 heavy (non-hydrogen) atoms. The van der Waals surface area contributed by atoms with E-state index in [0.717, 1.165) is 12.8 Å². The number of thiocarbonyl (C=S) groups is 1. The fraction of sp³-hybridized carbons (Fsp3) is 0.348. The van der Waals surface area contributed by atoms with Crippen molar-refractivity contribution in [3.63, 3.8) is 0 Å². The third-order valence-corrected chi connectivity index (χ3v) is 4.38. The molecule has 0 unspecified atom stereocenters. The number of amides is 2. The average Bonchev–Trinajstić information content (AvgIpc) is 2.68. The van der Waals surface area contributed by atoms with Gasteiger partial charge in [0.25, 0.3) is 5.91 Å². The number of benzene rings is 2. The quantitative estimate of drug-likeness (QED) is 0.429. The van der Waals surface area contributed by atoms with Crippen LogP contribution in [0.15, 0.2) is 48.5 Å². The number of unbranched alkanes of at least 4 members (excludes halogenated alkanes) is 1. The Bertz CT molecular complexity index is 907. The summed E-state index contributed by atoms with van der Waals surface area (Å²) in [6, 6.07) is 14.2. The maximum atomic E-state index is 12.6. The van der Waals surface area contributed by atoms with Crippen molar-refractivity contribution in [3.8, 4) is 5.75 Å². The van der Waals surface area contributed by atoms with Gasteiger partial charge < -0.3 is 15.4 Å². The van der Waals surface area contributed by atoms with Crippen LogP contribution < -0.4 is 20.7 Å². The highest BCUT2D eigenvalue weighted by Crippen LogP contribution is 2.21. The summed E-state index contributed by atoms with van der Waals surface area (Å²) in [6.07, 6.45) is 1.93. The molecule has 3 N–H and O–H groups in total. The van der Waals surface area contributed by atoms with Gasteiger partial charge in [0.2, 0.25) is 5.91 Å². The normalized spacial score (nSPS) is 10.8. The molecule has 2 aromatic carbocycles. The second-order valence-electron chi connectivity index (χ2n) is 7.89. The number of hydrogen-bond donors (Lipinski definition) is 3. The van der Waals surface area contributed by atoms with Crippen LogP contribution in [-0.4, -0.2) is 23.5 Å². The number of para-hydroxylation sites is 1. The average molecular weight is 428 g/mol. The van der Waals surface area contributed by atoms with E-state index < -0.39 is 5.41 Å². The van der Waals surface area contributed by atoms with Crippen molar-refractivity contribution in [2.45, 2.75) is 40.5 Å². The van der Waals surface area contributed by atoms with Crippen molar-refractivity contribution in [1.29, 1.82) is 0 Å². The Morgan fingerprint density at radius 2 is 1.67 bits per heavy atom. The van der Waals surface area contributed by atoms with Crippen LogP contribution in [0, 0.1) is 5.41 Å². The molecule has 2 aromatic rings. The van der Waals surface area contributed by atoms with Gasteiger partial charge in [0.15, 0.2) is 5.11 Å². The van der Waals surface area contributed by atoms with Gasteiger partial charge in [-0.05, 0) is 49.0 Å². The second-order valence-corrected chi connectivity index (χ2v) is 8.30. The molecule has 0 bridgehead atoms. The number of nitrogens with one attached hydrogen (secondary N) is 3. The number of ether oxygens (including phenoxy) is 1. The largest absolute Gasteiger partial charge is 0.493 e. The van der Waals surface area contributed by atoms with E-state index in [4.69, 9.17) is 17.0 Å². The summed E-state index contributed by atoms with van der Waals surface area (Å²) >= 11 is 5.28. The van der Waals surface area contributed by atoms with E-state index in [2.05, 4.69) is 22.9 Å². The maximum absolute atomic E-state index is 12.6. The van der Waals surface area contributed by atoms with Crippen LogP contribution >= 0.6 is 12.2 Å². The van der Waals surface area contributed by atoms with Crippen molar-refractivity contribution >= 4 is 40.5 Å². The highest BCUT2D eigenvalue weighted by molar-refractivity contribution is 7.80. The highest BCUT2D eigenvalue weighted by atomic mass is 32.1. The van der Waals surface area contributed by atoms with E-state index in [1.807, 2.05) is 26.8 Å². The van der Waals surface area contributed by atoms with Crippen molar-refractivity contribution in [2.24, 2.45) is 5.41 Å². The van der Waals surface area contributed by atoms with Crippen LogP contribution in [0.25, 0.3) is 0 Å². The number of carbonyl (C=O) groups excluding carboxylic acids is 2. The highest BCUT2D eigenvalue weighted by Gasteiger charge is 2.21. The molecule has 0 aliphatic carbocycles. The summed E-state index contributed by atoms with van der Waals surface area (Å²) in [5.74, 6) is 0.0881. The topological polar surface area (TPSA) is 79.5 Å². The molecule has 0 heterocycles. The zero-order valence-electron chi connectivity index (χ0n) is 17.9. The van der Waals surface area contributed by atoms with Gasteiger partial charge in [0.05, 0.1) is 12.2 Å². The van der Waals surface area contributed by atoms with Crippen LogP contribution in [0.2, 0.25) is 0 Å². The standard InChI is InChI=1S/C23H29N3O3S/c1-5-6-14-29-19-13-8-7-12-18(19)20(27)26-22(30)25-17-11-9-10-16(15-17)24-21(28)23(2,3)4/h7-13,15H,5-6,14H2,1-4H3,(H,24,28)(H2,25,26,27,30). The van der Waals surface area contributed by atoms with E-state index in [1.165, 1.54) is 0 Å². The molecular weight excluding hydrogens is 398 g/mol. The minimum Gasteiger partial charge on any atom is -0.493 e. The van der Waals surface area contributed by atoms with Crippen LogP contribution in [-0.2, 0) is 4.79 Å². The van der Waals surface area contributed by atoms with Crippen LogP contribution in [0.1, 0.15) is 50.9 Å². The van der Waals surface area contributed by atoms with Gasteiger partial charge in [0, 0.05) is 16.8 Å². The molecule has 2 rings (SSSR count). The first kappa shape index (κ1) is 23.3. The summed E-state index contributed by atoms with van der Waals surface area (Å²) < 4.78 is 5.71. The third-order valence-electron chi connectivity index (χ3n) is 4.17. The first-order valence-corrected chi connectivity index (χ1v) is 10.4. The summed E-state index contributed by atoms with van der Waals surface area (Å²) in [5, 5.41) is 8.67. The Morgan fingerprint density at radius 3 is 2.33 bits per heavy atom. The number of rotatable bonds is 7. The number of carbonyl (C=O) groups is 2. The lowest BCUT2D eigenvalue weighted by Crippen LogP contribution is -2.34. The van der Waals surface area contributed by atoms with Crippen LogP contribution in [0.3, 0.4) is 0 Å². The summed E-state index contributed by atoms with van der Waals surface area (Å²) in [4.78, 5) is 24.8. The van der Waals surface area contributed by atoms with Crippen molar-refractivity contribution in [1.82, 2.24) is 5.32 Å². The lowest BCUT2D eigenvalue weighted by molar-refractivity contribution is -0.123. The van der Waals surface area contributed by atoms with Crippen molar-refractivity contribution in [3.05, 3.63) is 54.1 Å². The van der Waals surface area contributed by atoms with E-state index in [-0.39, 0.29) is 16.9 Å². The Labute approximate surface area is 183 Å². The summed E-state index contributed by atoms with van der Waals surface area (Å²) in [6.45, 7) is 8.17. The molecule has 0 atom stereocenters.